The van der Waals surface area contributed by atoms with Gasteiger partial charge in [0.05, 0.1) is 28.8 Å². The summed E-state index contributed by atoms with van der Waals surface area (Å²) in [5, 5.41) is 6.59. The fourth-order valence-corrected chi connectivity index (χ4v) is 3.87. The molecule has 0 aliphatic heterocycles. The van der Waals surface area contributed by atoms with Gasteiger partial charge in [0, 0.05) is 24.2 Å². The lowest BCUT2D eigenvalue weighted by Gasteiger charge is -2.10. The SMILES string of the molecule is COC(=O)Nc1cccc(-c2nc(NC3CC3)nc3sc(C(C)=O)c(N)c23)c1. The van der Waals surface area contributed by atoms with Crippen LogP contribution >= 0.6 is 11.3 Å². The van der Waals surface area contributed by atoms with E-state index < -0.39 is 6.09 Å². The molecule has 1 amide bonds. The molecule has 0 atom stereocenters. The van der Waals surface area contributed by atoms with Crippen molar-refractivity contribution >= 4 is 50.8 Å². The van der Waals surface area contributed by atoms with Crippen molar-refractivity contribution in [1.82, 2.24) is 9.97 Å². The Morgan fingerprint density at radius 1 is 1.29 bits per heavy atom. The number of nitrogens with one attached hydrogen (secondary N) is 2. The molecular formula is C19H19N5O3S. The number of aromatic nitrogens is 2. The van der Waals surface area contributed by atoms with Crippen LogP contribution in [0.4, 0.5) is 22.1 Å². The highest BCUT2D eigenvalue weighted by Gasteiger charge is 2.25. The molecule has 4 N–H and O–H groups in total. The number of rotatable bonds is 5. The molecule has 2 aromatic heterocycles. The van der Waals surface area contributed by atoms with E-state index in [0.717, 1.165) is 18.4 Å². The Morgan fingerprint density at radius 2 is 2.07 bits per heavy atom. The van der Waals surface area contributed by atoms with Gasteiger partial charge in [0.25, 0.3) is 0 Å². The molecule has 1 saturated carbocycles. The van der Waals surface area contributed by atoms with Crippen LogP contribution in [0.5, 0.6) is 0 Å². The largest absolute Gasteiger partial charge is 0.453 e. The zero-order valence-electron chi connectivity index (χ0n) is 15.4. The second kappa shape index (κ2) is 7.08. The van der Waals surface area contributed by atoms with Crippen LogP contribution in [0.1, 0.15) is 29.4 Å². The number of methoxy groups -OCH3 is 1. The fraction of sp³-hybridized carbons (Fsp3) is 0.263. The molecule has 0 radical (unpaired) electrons. The third kappa shape index (κ3) is 3.48. The van der Waals surface area contributed by atoms with Crippen LogP contribution in [0.15, 0.2) is 24.3 Å². The first kappa shape index (κ1) is 18.2. The van der Waals surface area contributed by atoms with Crippen molar-refractivity contribution in [2.24, 2.45) is 0 Å². The zero-order chi connectivity index (χ0) is 19.8. The lowest BCUT2D eigenvalue weighted by Crippen LogP contribution is -2.10. The van der Waals surface area contributed by atoms with Crippen LogP contribution < -0.4 is 16.4 Å². The smallest absolute Gasteiger partial charge is 0.411 e. The number of hydrogen-bond acceptors (Lipinski definition) is 8. The number of fused-ring (bicyclic) bond motifs is 1. The van der Waals surface area contributed by atoms with Crippen LogP contribution in [-0.4, -0.2) is 35.0 Å². The Bertz CT molecular complexity index is 1090. The molecule has 0 spiro atoms. The minimum Gasteiger partial charge on any atom is -0.453 e. The van der Waals surface area contributed by atoms with Crippen LogP contribution in [0.2, 0.25) is 0 Å². The van der Waals surface area contributed by atoms with Gasteiger partial charge in [0.2, 0.25) is 5.95 Å². The lowest BCUT2D eigenvalue weighted by molar-refractivity contribution is 0.102. The highest BCUT2D eigenvalue weighted by Crippen LogP contribution is 2.40. The number of carbonyl (C=O) groups is 2. The number of ether oxygens (including phenoxy) is 1. The number of carbonyl (C=O) groups excluding carboxylic acids is 2. The van der Waals surface area contributed by atoms with Crippen molar-refractivity contribution in [3.05, 3.63) is 29.1 Å². The summed E-state index contributed by atoms with van der Waals surface area (Å²) >= 11 is 1.27. The van der Waals surface area contributed by atoms with Gasteiger partial charge in [-0.1, -0.05) is 12.1 Å². The lowest BCUT2D eigenvalue weighted by atomic mass is 10.1. The van der Waals surface area contributed by atoms with E-state index in [1.54, 1.807) is 18.2 Å². The van der Waals surface area contributed by atoms with Crippen LogP contribution in [0.3, 0.4) is 0 Å². The summed E-state index contributed by atoms with van der Waals surface area (Å²) in [4.78, 5) is 33.9. The number of benzene rings is 1. The Labute approximate surface area is 165 Å². The number of nitrogen functional groups attached to an aromatic ring is 1. The first-order chi connectivity index (χ1) is 13.5. The molecule has 28 heavy (non-hydrogen) atoms. The molecular weight excluding hydrogens is 378 g/mol. The summed E-state index contributed by atoms with van der Waals surface area (Å²) in [6.45, 7) is 1.48. The predicted molar refractivity (Wildman–Crippen MR) is 110 cm³/mol. The predicted octanol–water partition coefficient (Wildman–Crippen LogP) is 3.90. The quantitative estimate of drug-likeness (QED) is 0.559. The van der Waals surface area contributed by atoms with Crippen molar-refractivity contribution in [1.29, 1.82) is 0 Å². The standard InChI is InChI=1S/C19H19N5O3S/c1-9(25)16-14(20)13-15(10-4-3-5-12(8-10)22-19(26)27-2)23-18(21-11-6-7-11)24-17(13)28-16/h3-5,8,11H,6-7,20H2,1-2H3,(H,22,26)(H,21,23,24). The van der Waals surface area contributed by atoms with E-state index in [-0.39, 0.29) is 5.78 Å². The topological polar surface area (TPSA) is 119 Å². The summed E-state index contributed by atoms with van der Waals surface area (Å²) in [6, 6.07) is 7.58. The van der Waals surface area contributed by atoms with Gasteiger partial charge in [-0.2, -0.15) is 0 Å². The molecule has 3 aromatic rings. The number of thiophene rings is 1. The molecule has 1 aliphatic rings. The van der Waals surface area contributed by atoms with Crippen molar-refractivity contribution in [3.8, 4) is 11.3 Å². The maximum absolute atomic E-state index is 12.0. The Balaban J connectivity index is 1.87. The molecule has 2 heterocycles. The number of amides is 1. The van der Waals surface area contributed by atoms with Crippen molar-refractivity contribution in [3.63, 3.8) is 0 Å². The number of ketones is 1. The van der Waals surface area contributed by atoms with Crippen molar-refractivity contribution in [2.75, 3.05) is 23.5 Å². The van der Waals surface area contributed by atoms with Crippen molar-refractivity contribution < 1.29 is 14.3 Å². The van der Waals surface area contributed by atoms with Gasteiger partial charge in [-0.25, -0.2) is 14.8 Å². The minimum absolute atomic E-state index is 0.107. The Kier molecular flexibility index (Phi) is 4.60. The molecule has 1 fully saturated rings. The first-order valence-electron chi connectivity index (χ1n) is 8.79. The second-order valence-electron chi connectivity index (χ2n) is 6.59. The summed E-state index contributed by atoms with van der Waals surface area (Å²) in [6.07, 6.45) is 1.61. The fourth-order valence-electron chi connectivity index (χ4n) is 2.88. The molecule has 8 nitrogen and oxygen atoms in total. The van der Waals surface area contributed by atoms with Gasteiger partial charge in [0.15, 0.2) is 5.78 Å². The van der Waals surface area contributed by atoms with Gasteiger partial charge in [-0.3, -0.25) is 10.1 Å². The third-order valence-electron chi connectivity index (χ3n) is 4.39. The van der Waals surface area contributed by atoms with Gasteiger partial charge in [-0.05, 0) is 25.0 Å². The number of hydrogen-bond donors (Lipinski definition) is 3. The van der Waals surface area contributed by atoms with E-state index >= 15 is 0 Å². The van der Waals surface area contributed by atoms with Crippen molar-refractivity contribution in [2.45, 2.75) is 25.8 Å². The molecule has 0 bridgehead atoms. The molecule has 144 valence electrons. The van der Waals surface area contributed by atoms with Gasteiger partial charge < -0.3 is 15.8 Å². The van der Waals surface area contributed by atoms with E-state index in [2.05, 4.69) is 25.3 Å². The van der Waals surface area contributed by atoms with E-state index in [9.17, 15) is 9.59 Å². The maximum Gasteiger partial charge on any atom is 0.411 e. The number of Topliss-reactive ketones (excluding diaryl/α,β-unsaturated/α-hetero) is 1. The molecule has 0 saturated heterocycles. The van der Waals surface area contributed by atoms with Crippen LogP contribution in [0, 0.1) is 0 Å². The minimum atomic E-state index is -0.560. The molecule has 9 heteroatoms. The number of anilines is 3. The maximum atomic E-state index is 12.0. The number of nitrogens with zero attached hydrogens (tertiary/aromatic N) is 2. The van der Waals surface area contributed by atoms with E-state index in [1.165, 1.54) is 25.4 Å². The normalized spacial score (nSPS) is 13.4. The molecule has 1 aromatic carbocycles. The summed E-state index contributed by atoms with van der Waals surface area (Å²) in [5.41, 5.74) is 8.59. The molecule has 0 unspecified atom stereocenters. The van der Waals surface area contributed by atoms with Crippen LogP contribution in [0.25, 0.3) is 21.5 Å². The summed E-state index contributed by atoms with van der Waals surface area (Å²) < 4.78 is 4.65. The van der Waals surface area contributed by atoms with E-state index in [1.807, 2.05) is 6.07 Å². The van der Waals surface area contributed by atoms with Gasteiger partial charge in [-0.15, -0.1) is 11.3 Å². The Morgan fingerprint density at radius 3 is 2.75 bits per heavy atom. The highest BCUT2D eigenvalue weighted by atomic mass is 32.1. The van der Waals surface area contributed by atoms with Gasteiger partial charge >= 0.3 is 6.09 Å². The van der Waals surface area contributed by atoms with E-state index in [4.69, 9.17) is 5.73 Å². The molecule has 4 rings (SSSR count). The van der Waals surface area contributed by atoms with Gasteiger partial charge in [0.1, 0.15) is 4.83 Å². The molecule has 1 aliphatic carbocycles. The zero-order valence-corrected chi connectivity index (χ0v) is 16.2. The monoisotopic (exact) mass is 397 g/mol. The van der Waals surface area contributed by atoms with Crippen LogP contribution in [-0.2, 0) is 4.74 Å². The first-order valence-corrected chi connectivity index (χ1v) is 9.61. The summed E-state index contributed by atoms with van der Waals surface area (Å²) in [5.74, 6) is 0.400. The third-order valence-corrected chi connectivity index (χ3v) is 5.59. The summed E-state index contributed by atoms with van der Waals surface area (Å²) in [7, 11) is 1.30. The average molecular weight is 397 g/mol. The number of nitrogens with two attached hydrogens (primary N) is 1. The van der Waals surface area contributed by atoms with E-state index in [0.29, 0.717) is 44.2 Å². The second-order valence-corrected chi connectivity index (χ2v) is 7.59. The highest BCUT2D eigenvalue weighted by molar-refractivity contribution is 7.21. The average Bonchev–Trinajstić information content (AvgIpc) is 3.42. The Hall–Kier alpha value is -3.20.